The van der Waals surface area contributed by atoms with Gasteiger partial charge in [-0.3, -0.25) is 24.4 Å². The molecule has 30 heavy (non-hydrogen) atoms. The Hall–Kier alpha value is -3.48. The van der Waals surface area contributed by atoms with Crippen LogP contribution in [0.25, 0.3) is 10.2 Å². The third-order valence-electron chi connectivity index (χ3n) is 4.38. The summed E-state index contributed by atoms with van der Waals surface area (Å²) < 4.78 is 27.3. The average Bonchev–Trinajstić information content (AvgIpc) is 3.28. The molecule has 0 aliphatic heterocycles. The van der Waals surface area contributed by atoms with Gasteiger partial charge < -0.3 is 11.1 Å². The van der Waals surface area contributed by atoms with Crippen molar-refractivity contribution >= 4 is 44.7 Å². The Kier molecular flexibility index (Phi) is 5.73. The van der Waals surface area contributed by atoms with E-state index in [4.69, 9.17) is 5.73 Å². The molecule has 0 aliphatic carbocycles. The van der Waals surface area contributed by atoms with Gasteiger partial charge in [0.25, 0.3) is 12.3 Å². The van der Waals surface area contributed by atoms with E-state index in [-0.39, 0.29) is 27.5 Å². The first-order chi connectivity index (χ1) is 14.1. The van der Waals surface area contributed by atoms with Crippen LogP contribution in [0.1, 0.15) is 46.7 Å². The number of thiophene rings is 1. The molecule has 3 N–H and O–H groups in total. The lowest BCUT2D eigenvalue weighted by Gasteiger charge is -2.16. The van der Waals surface area contributed by atoms with E-state index in [1.807, 2.05) is 0 Å². The standard InChI is InChI=1S/C17H16F2N6O4S/c1-3-10(24-6-8(5-21-24)25(28)29)16(27)23-12-11-7(2)4-9(14(18)19)22-17(11)30-13(12)15(20)26/h4-6,10,14H,3H2,1-2H3,(H2,20,26)(H,23,27). The highest BCUT2D eigenvalue weighted by atomic mass is 32.1. The van der Waals surface area contributed by atoms with Crippen molar-refractivity contribution in [3.8, 4) is 0 Å². The van der Waals surface area contributed by atoms with E-state index in [2.05, 4.69) is 15.4 Å². The zero-order valence-electron chi connectivity index (χ0n) is 15.8. The number of rotatable bonds is 7. The summed E-state index contributed by atoms with van der Waals surface area (Å²) in [4.78, 5) is 39.0. The van der Waals surface area contributed by atoms with Crippen molar-refractivity contribution in [2.24, 2.45) is 5.73 Å². The van der Waals surface area contributed by atoms with Crippen LogP contribution in [0.5, 0.6) is 0 Å². The van der Waals surface area contributed by atoms with Gasteiger partial charge in [-0.2, -0.15) is 5.10 Å². The minimum absolute atomic E-state index is 0.0401. The molecule has 2 amide bonds. The maximum absolute atomic E-state index is 13.1. The number of halogens is 2. The van der Waals surface area contributed by atoms with Crippen LogP contribution in [0.15, 0.2) is 18.5 Å². The molecule has 1 unspecified atom stereocenters. The Bertz CT molecular complexity index is 1160. The molecule has 0 bridgehead atoms. The van der Waals surface area contributed by atoms with E-state index in [0.29, 0.717) is 10.9 Å². The van der Waals surface area contributed by atoms with Gasteiger partial charge >= 0.3 is 5.69 Å². The molecule has 3 aromatic rings. The highest BCUT2D eigenvalue weighted by Gasteiger charge is 2.27. The van der Waals surface area contributed by atoms with Crippen molar-refractivity contribution < 1.29 is 23.3 Å². The largest absolute Gasteiger partial charge is 0.365 e. The van der Waals surface area contributed by atoms with Crippen LogP contribution < -0.4 is 11.1 Å². The van der Waals surface area contributed by atoms with E-state index in [1.54, 1.807) is 13.8 Å². The van der Waals surface area contributed by atoms with Crippen molar-refractivity contribution in [1.29, 1.82) is 0 Å². The van der Waals surface area contributed by atoms with E-state index in [0.717, 1.165) is 28.4 Å². The highest BCUT2D eigenvalue weighted by molar-refractivity contribution is 7.21. The van der Waals surface area contributed by atoms with E-state index < -0.39 is 34.9 Å². The quantitative estimate of drug-likeness (QED) is 0.427. The van der Waals surface area contributed by atoms with Gasteiger partial charge in [-0.25, -0.2) is 13.8 Å². The van der Waals surface area contributed by atoms with Crippen LogP contribution in [-0.2, 0) is 4.79 Å². The van der Waals surface area contributed by atoms with E-state index in [1.165, 1.54) is 6.07 Å². The van der Waals surface area contributed by atoms with Gasteiger partial charge in [-0.05, 0) is 25.0 Å². The molecule has 0 aromatic carbocycles. The molecule has 0 spiro atoms. The molecule has 158 valence electrons. The van der Waals surface area contributed by atoms with Crippen LogP contribution in [0, 0.1) is 17.0 Å². The fourth-order valence-electron chi connectivity index (χ4n) is 3.00. The summed E-state index contributed by atoms with van der Waals surface area (Å²) in [7, 11) is 0. The fourth-order valence-corrected chi connectivity index (χ4v) is 4.07. The number of nitrogens with one attached hydrogen (secondary N) is 1. The summed E-state index contributed by atoms with van der Waals surface area (Å²) in [6.45, 7) is 3.23. The molecule has 0 radical (unpaired) electrons. The summed E-state index contributed by atoms with van der Waals surface area (Å²) >= 11 is 0.797. The molecule has 0 aliphatic rings. The summed E-state index contributed by atoms with van der Waals surface area (Å²) in [6, 6.07) is 0.261. The number of nitrogens with zero attached hydrogens (tertiary/aromatic N) is 4. The lowest BCUT2D eigenvalue weighted by atomic mass is 10.1. The first kappa shape index (κ1) is 21.2. The lowest BCUT2D eigenvalue weighted by Crippen LogP contribution is -2.27. The minimum atomic E-state index is -2.80. The molecule has 0 fully saturated rings. The average molecular weight is 438 g/mol. The molecule has 10 nitrogen and oxygen atoms in total. The second-order valence-corrected chi connectivity index (χ2v) is 7.36. The molecule has 3 rings (SSSR count). The zero-order valence-corrected chi connectivity index (χ0v) is 16.6. The predicted octanol–water partition coefficient (Wildman–Crippen LogP) is 3.34. The summed E-state index contributed by atoms with van der Waals surface area (Å²) in [5.74, 6) is -1.45. The number of hydrogen-bond acceptors (Lipinski definition) is 7. The predicted molar refractivity (Wildman–Crippen MR) is 105 cm³/mol. The van der Waals surface area contributed by atoms with Gasteiger partial charge in [0, 0.05) is 5.39 Å². The van der Waals surface area contributed by atoms with Gasteiger partial charge in [0.05, 0.1) is 10.6 Å². The topological polar surface area (TPSA) is 146 Å². The number of hydrogen-bond donors (Lipinski definition) is 2. The number of aryl methyl sites for hydroxylation is 1. The number of primary amides is 1. The zero-order chi connectivity index (χ0) is 22.2. The monoisotopic (exact) mass is 438 g/mol. The maximum atomic E-state index is 13.1. The van der Waals surface area contributed by atoms with Crippen molar-refractivity contribution in [2.75, 3.05) is 5.32 Å². The molecule has 1 atom stereocenters. The Morgan fingerprint density at radius 3 is 2.67 bits per heavy atom. The van der Waals surface area contributed by atoms with Gasteiger partial charge in [-0.15, -0.1) is 11.3 Å². The summed E-state index contributed by atoms with van der Waals surface area (Å²) in [5, 5.41) is 17.7. The molecule has 3 aromatic heterocycles. The number of pyridine rings is 1. The number of amides is 2. The smallest absolute Gasteiger partial charge is 0.307 e. The first-order valence-electron chi connectivity index (χ1n) is 8.65. The van der Waals surface area contributed by atoms with Crippen molar-refractivity contribution in [3.63, 3.8) is 0 Å². The lowest BCUT2D eigenvalue weighted by molar-refractivity contribution is -0.385. The van der Waals surface area contributed by atoms with Gasteiger partial charge in [0.2, 0.25) is 5.91 Å². The second-order valence-electron chi connectivity index (χ2n) is 6.36. The first-order valence-corrected chi connectivity index (χ1v) is 9.47. The second kappa shape index (κ2) is 8.10. The Morgan fingerprint density at radius 2 is 2.13 bits per heavy atom. The molecule has 0 saturated carbocycles. The van der Waals surface area contributed by atoms with Crippen LogP contribution in [-0.4, -0.2) is 31.5 Å². The number of anilines is 1. The normalized spacial score (nSPS) is 12.3. The van der Waals surface area contributed by atoms with Crippen molar-refractivity contribution in [1.82, 2.24) is 14.8 Å². The SMILES string of the molecule is CCC(C(=O)Nc1c(C(N)=O)sc2nc(C(F)F)cc(C)c12)n1cc([N+](=O)[O-])cn1. The molecule has 13 heteroatoms. The number of aromatic nitrogens is 3. The Labute approximate surface area is 171 Å². The number of carbonyl (C=O) groups excluding carboxylic acids is 2. The molecule has 3 heterocycles. The molecule has 0 saturated heterocycles. The third-order valence-corrected chi connectivity index (χ3v) is 5.48. The number of nitrogens with two attached hydrogens (primary N) is 1. The number of carbonyl (C=O) groups is 2. The van der Waals surface area contributed by atoms with Crippen molar-refractivity contribution in [3.05, 3.63) is 44.7 Å². The number of alkyl halides is 2. The fraction of sp³-hybridized carbons (Fsp3) is 0.294. The van der Waals surface area contributed by atoms with Crippen LogP contribution in [0.2, 0.25) is 0 Å². The molecular weight excluding hydrogens is 422 g/mol. The summed E-state index contributed by atoms with van der Waals surface area (Å²) in [5.41, 5.74) is 5.13. The number of nitro groups is 1. The van der Waals surface area contributed by atoms with Crippen LogP contribution in [0.4, 0.5) is 20.2 Å². The summed E-state index contributed by atoms with van der Waals surface area (Å²) in [6.07, 6.45) is -0.419. The van der Waals surface area contributed by atoms with Crippen LogP contribution >= 0.6 is 11.3 Å². The van der Waals surface area contributed by atoms with Crippen molar-refractivity contribution in [2.45, 2.75) is 32.7 Å². The van der Waals surface area contributed by atoms with E-state index in [9.17, 15) is 28.5 Å². The third kappa shape index (κ3) is 3.83. The Balaban J connectivity index is 2.04. The Morgan fingerprint density at radius 1 is 1.43 bits per heavy atom. The van der Waals surface area contributed by atoms with E-state index >= 15 is 0 Å². The maximum Gasteiger partial charge on any atom is 0.307 e. The minimum Gasteiger partial charge on any atom is -0.365 e. The van der Waals surface area contributed by atoms with Gasteiger partial charge in [0.15, 0.2) is 0 Å². The highest BCUT2D eigenvalue weighted by Crippen LogP contribution is 2.38. The van der Waals surface area contributed by atoms with Gasteiger partial charge in [0.1, 0.15) is 33.8 Å². The molecular formula is C17H16F2N6O4S. The number of fused-ring (bicyclic) bond motifs is 1. The van der Waals surface area contributed by atoms with Crippen LogP contribution in [0.3, 0.4) is 0 Å². The van der Waals surface area contributed by atoms with Gasteiger partial charge in [-0.1, -0.05) is 6.92 Å².